The zero-order valence-corrected chi connectivity index (χ0v) is 17.8. The summed E-state index contributed by atoms with van der Waals surface area (Å²) >= 11 is 0. The van der Waals surface area contributed by atoms with E-state index in [-0.39, 0.29) is 18.7 Å². The second-order valence-corrected chi connectivity index (χ2v) is 8.59. The average Bonchev–Trinajstić information content (AvgIpc) is 3.07. The third-order valence-electron chi connectivity index (χ3n) is 3.48. The highest BCUT2D eigenvalue weighted by Crippen LogP contribution is 2.21. The van der Waals surface area contributed by atoms with Crippen molar-refractivity contribution in [2.75, 3.05) is 18.1 Å². The molecule has 0 unspecified atom stereocenters. The van der Waals surface area contributed by atoms with E-state index < -0.39 is 29.7 Å². The van der Waals surface area contributed by atoms with Crippen LogP contribution in [0.15, 0.2) is 18.5 Å². The molecule has 0 aliphatic heterocycles. The van der Waals surface area contributed by atoms with E-state index in [2.05, 4.69) is 10.3 Å². The summed E-state index contributed by atoms with van der Waals surface area (Å²) in [6.07, 6.45) is -3.32. The maximum absolute atomic E-state index is 13.3. The van der Waals surface area contributed by atoms with Gasteiger partial charge in [0.15, 0.2) is 11.6 Å². The number of carboxylic acid groups (broad SMARTS) is 2. The van der Waals surface area contributed by atoms with Gasteiger partial charge in [-0.15, -0.1) is 0 Å². The first-order chi connectivity index (χ1) is 14.9. The Morgan fingerprint density at radius 1 is 1.03 bits per heavy atom. The van der Waals surface area contributed by atoms with E-state index >= 15 is 0 Å². The molecule has 0 fully saturated rings. The Labute approximate surface area is 186 Å². The number of carbonyl (C=O) groups excluding carboxylic acids is 1. The summed E-state index contributed by atoms with van der Waals surface area (Å²) in [6.45, 7) is 0.794. The Hall–Kier alpha value is -2.55. The number of benzene rings is 1. The molecule has 0 saturated heterocycles. The van der Waals surface area contributed by atoms with E-state index in [0.29, 0.717) is 35.6 Å². The van der Waals surface area contributed by atoms with Crippen LogP contribution in [0.3, 0.4) is 0 Å². The number of aromatic nitrogens is 2. The molecule has 1 amide bonds. The molecule has 0 radical (unpaired) electrons. The number of nitrogens with one attached hydrogen (secondary N) is 1. The number of rotatable bonds is 10. The minimum Gasteiger partial charge on any atom is -0.481 e. The van der Waals surface area contributed by atoms with Gasteiger partial charge in [0.1, 0.15) is 0 Å². The van der Waals surface area contributed by atoms with Crippen molar-refractivity contribution in [3.8, 4) is 0 Å². The first-order valence-corrected chi connectivity index (χ1v) is 11.2. The lowest BCUT2D eigenvalue weighted by Crippen LogP contribution is -2.26. The van der Waals surface area contributed by atoms with Gasteiger partial charge in [-0.25, -0.2) is 18.6 Å². The third kappa shape index (κ3) is 10.2. The smallest absolute Gasteiger partial charge is 0.481 e. The van der Waals surface area contributed by atoms with Gasteiger partial charge in [0, 0.05) is 43.1 Å². The summed E-state index contributed by atoms with van der Waals surface area (Å²) in [7, 11) is 2.96. The molecular formula is C17H18F5N3O5S2. The SMILES string of the molecule is O=C(O)C(F)(F)F.O=C(O)CCSSCCNC(=O)CCn1cnc2cc(F)c(F)cc21. The number of imidazole rings is 1. The molecule has 1 aromatic heterocycles. The van der Waals surface area contributed by atoms with Gasteiger partial charge in [0.25, 0.3) is 0 Å². The van der Waals surface area contributed by atoms with Crippen molar-refractivity contribution >= 4 is 50.5 Å². The molecular weight excluding hydrogens is 485 g/mol. The minimum absolute atomic E-state index is 0.118. The Morgan fingerprint density at radius 3 is 2.22 bits per heavy atom. The van der Waals surface area contributed by atoms with Crippen molar-refractivity contribution in [2.45, 2.75) is 25.6 Å². The van der Waals surface area contributed by atoms with E-state index in [9.17, 15) is 31.5 Å². The van der Waals surface area contributed by atoms with Crippen LogP contribution in [0.5, 0.6) is 0 Å². The number of carbonyl (C=O) groups is 3. The summed E-state index contributed by atoms with van der Waals surface area (Å²) in [5, 5.41) is 18.4. The van der Waals surface area contributed by atoms with E-state index in [1.165, 1.54) is 27.9 Å². The molecule has 8 nitrogen and oxygen atoms in total. The fourth-order valence-electron chi connectivity index (χ4n) is 2.02. The van der Waals surface area contributed by atoms with Crippen LogP contribution in [-0.2, 0) is 20.9 Å². The van der Waals surface area contributed by atoms with Crippen LogP contribution < -0.4 is 5.32 Å². The predicted molar refractivity (Wildman–Crippen MR) is 108 cm³/mol. The van der Waals surface area contributed by atoms with E-state index in [4.69, 9.17) is 15.0 Å². The van der Waals surface area contributed by atoms with Crippen molar-refractivity contribution in [3.05, 3.63) is 30.1 Å². The molecule has 0 spiro atoms. The minimum atomic E-state index is -5.08. The average molecular weight is 503 g/mol. The number of aliphatic carboxylic acids is 2. The van der Waals surface area contributed by atoms with Crippen molar-refractivity contribution in [2.24, 2.45) is 0 Å². The Morgan fingerprint density at radius 2 is 1.62 bits per heavy atom. The lowest BCUT2D eigenvalue weighted by Gasteiger charge is -2.06. The number of hydrogen-bond donors (Lipinski definition) is 3. The van der Waals surface area contributed by atoms with Crippen LogP contribution in [0, 0.1) is 11.6 Å². The molecule has 0 saturated carbocycles. The first kappa shape index (κ1) is 27.5. The number of nitrogens with zero attached hydrogens (tertiary/aromatic N) is 2. The first-order valence-electron chi connectivity index (χ1n) is 8.74. The highest BCUT2D eigenvalue weighted by atomic mass is 33.1. The summed E-state index contributed by atoms with van der Waals surface area (Å²) in [5.74, 6) is -4.43. The van der Waals surface area contributed by atoms with Gasteiger partial charge >= 0.3 is 18.1 Å². The molecule has 3 N–H and O–H groups in total. The van der Waals surface area contributed by atoms with Crippen LogP contribution in [-0.4, -0.2) is 61.8 Å². The Kier molecular flexibility index (Phi) is 11.3. The highest BCUT2D eigenvalue weighted by molar-refractivity contribution is 8.76. The third-order valence-corrected chi connectivity index (χ3v) is 5.88. The van der Waals surface area contributed by atoms with E-state index in [1.54, 1.807) is 4.57 Å². The van der Waals surface area contributed by atoms with Crippen LogP contribution >= 0.6 is 21.6 Å². The summed E-state index contributed by atoms with van der Waals surface area (Å²) in [5.41, 5.74) is 0.783. The maximum atomic E-state index is 13.3. The Bertz CT molecular complexity index is 939. The molecule has 0 aliphatic rings. The zero-order valence-electron chi connectivity index (χ0n) is 16.2. The maximum Gasteiger partial charge on any atom is 0.490 e. The van der Waals surface area contributed by atoms with Crippen LogP contribution in [0.4, 0.5) is 22.0 Å². The lowest BCUT2D eigenvalue weighted by atomic mass is 10.3. The summed E-state index contributed by atoms with van der Waals surface area (Å²) < 4.78 is 59.8. The molecule has 1 heterocycles. The van der Waals surface area contributed by atoms with Gasteiger partial charge in [-0.3, -0.25) is 9.59 Å². The molecule has 0 aliphatic carbocycles. The summed E-state index contributed by atoms with van der Waals surface area (Å²) in [6, 6.07) is 2.10. The second-order valence-electron chi connectivity index (χ2n) is 5.88. The molecule has 15 heteroatoms. The number of amides is 1. The van der Waals surface area contributed by atoms with Gasteiger partial charge in [0.2, 0.25) is 5.91 Å². The number of carboxylic acids is 2. The number of halogens is 5. The zero-order chi connectivity index (χ0) is 24.3. The van der Waals surface area contributed by atoms with Crippen molar-refractivity contribution < 1.29 is 46.5 Å². The van der Waals surface area contributed by atoms with Gasteiger partial charge in [-0.05, 0) is 0 Å². The molecule has 178 valence electrons. The molecule has 1 aromatic carbocycles. The van der Waals surface area contributed by atoms with Gasteiger partial charge in [-0.2, -0.15) is 13.2 Å². The normalized spacial score (nSPS) is 11.0. The van der Waals surface area contributed by atoms with Crippen molar-refractivity contribution in [3.63, 3.8) is 0 Å². The van der Waals surface area contributed by atoms with Crippen LogP contribution in [0.1, 0.15) is 12.8 Å². The second kappa shape index (κ2) is 13.1. The monoisotopic (exact) mass is 503 g/mol. The van der Waals surface area contributed by atoms with Crippen molar-refractivity contribution in [1.29, 1.82) is 0 Å². The van der Waals surface area contributed by atoms with E-state index in [1.807, 2.05) is 0 Å². The largest absolute Gasteiger partial charge is 0.490 e. The number of aryl methyl sites for hydroxylation is 1. The van der Waals surface area contributed by atoms with Crippen LogP contribution in [0.25, 0.3) is 11.0 Å². The standard InChI is InChI=1S/C15H17F2N3O3S2.C2HF3O2/c16-10-7-12-13(8-11(10)17)20(9-19-12)4-1-14(21)18-3-6-25-24-5-2-15(22)23;3-2(4,5)1(6)7/h7-9H,1-6H2,(H,18,21)(H,22,23);(H,6,7). The Balaban J connectivity index is 0.000000633. The van der Waals surface area contributed by atoms with Crippen molar-refractivity contribution in [1.82, 2.24) is 14.9 Å². The van der Waals surface area contributed by atoms with E-state index in [0.717, 1.165) is 12.1 Å². The number of fused-ring (bicyclic) bond motifs is 1. The highest BCUT2D eigenvalue weighted by Gasteiger charge is 2.38. The number of hydrogen-bond acceptors (Lipinski definition) is 6. The quantitative estimate of drug-likeness (QED) is 0.257. The fourth-order valence-corrected chi connectivity index (χ4v) is 3.91. The van der Waals surface area contributed by atoms with Gasteiger partial charge in [0.05, 0.1) is 23.8 Å². The van der Waals surface area contributed by atoms with Gasteiger partial charge < -0.3 is 20.1 Å². The van der Waals surface area contributed by atoms with Gasteiger partial charge in [-0.1, -0.05) is 21.6 Å². The van der Waals surface area contributed by atoms with Crippen LogP contribution in [0.2, 0.25) is 0 Å². The molecule has 32 heavy (non-hydrogen) atoms. The molecule has 0 bridgehead atoms. The predicted octanol–water partition coefficient (Wildman–Crippen LogP) is 3.31. The molecule has 0 atom stereocenters. The number of alkyl halides is 3. The molecule has 2 rings (SSSR count). The lowest BCUT2D eigenvalue weighted by molar-refractivity contribution is -0.192. The molecule has 2 aromatic rings. The fraction of sp³-hybridized carbons (Fsp3) is 0.412. The summed E-state index contributed by atoms with van der Waals surface area (Å²) in [4.78, 5) is 35.0. The topological polar surface area (TPSA) is 122 Å².